The van der Waals surface area contributed by atoms with E-state index in [4.69, 9.17) is 0 Å². The molecule has 0 heterocycles. The summed E-state index contributed by atoms with van der Waals surface area (Å²) in [6.07, 6.45) is 19.0. The molecule has 0 bridgehead atoms. The molecule has 130 valence electrons. The van der Waals surface area contributed by atoms with Crippen LogP contribution in [-0.2, 0) is 9.53 Å². The van der Waals surface area contributed by atoms with Crippen LogP contribution in [0.2, 0.25) is 0 Å². The molecule has 0 radical (unpaired) electrons. The summed E-state index contributed by atoms with van der Waals surface area (Å²) in [6, 6.07) is 0. The average Bonchev–Trinajstić information content (AvgIpc) is 2.47. The van der Waals surface area contributed by atoms with E-state index in [1.165, 1.54) is 76.9 Å². The Balaban J connectivity index is 3.05. The van der Waals surface area contributed by atoms with Gasteiger partial charge in [0, 0.05) is 6.42 Å². The molecule has 0 unspecified atom stereocenters. The van der Waals surface area contributed by atoms with Crippen LogP contribution in [0.25, 0.3) is 0 Å². The van der Waals surface area contributed by atoms with Gasteiger partial charge in [-0.2, -0.15) is 0 Å². The molecule has 2 nitrogen and oxygen atoms in total. The molecule has 0 fully saturated rings. The molecule has 0 spiro atoms. The van der Waals surface area contributed by atoms with Gasteiger partial charge in [-0.25, -0.2) is 0 Å². The standard InChI is InChI=1S/C20H38O2/c1-4-22-20(21)18-16-14-12-10-8-6-5-7-9-11-13-15-17-19(2)3/h4,19H,1,5-18H2,2-3H3. The number of carbonyl (C=O) groups excluding carboxylic acids is 1. The Morgan fingerprint density at radius 1 is 0.818 bits per heavy atom. The summed E-state index contributed by atoms with van der Waals surface area (Å²) in [5.41, 5.74) is 0. The van der Waals surface area contributed by atoms with Gasteiger partial charge >= 0.3 is 5.97 Å². The van der Waals surface area contributed by atoms with Crippen LogP contribution in [0.4, 0.5) is 0 Å². The van der Waals surface area contributed by atoms with E-state index in [1.807, 2.05) is 0 Å². The molecule has 0 saturated carbocycles. The topological polar surface area (TPSA) is 26.3 Å². The fourth-order valence-electron chi connectivity index (χ4n) is 2.74. The third-order valence-electron chi connectivity index (χ3n) is 4.13. The van der Waals surface area contributed by atoms with E-state index in [-0.39, 0.29) is 5.97 Å². The number of hydrogen-bond acceptors (Lipinski definition) is 2. The quantitative estimate of drug-likeness (QED) is 0.178. The predicted molar refractivity (Wildman–Crippen MR) is 95.8 cm³/mol. The van der Waals surface area contributed by atoms with Crippen LogP contribution in [0.1, 0.15) is 104 Å². The second-order valence-electron chi connectivity index (χ2n) is 6.83. The minimum atomic E-state index is -0.150. The first-order valence-electron chi connectivity index (χ1n) is 9.47. The lowest BCUT2D eigenvalue weighted by molar-refractivity contribution is -0.138. The summed E-state index contributed by atoms with van der Waals surface area (Å²) in [5, 5.41) is 0. The van der Waals surface area contributed by atoms with Crippen molar-refractivity contribution in [2.24, 2.45) is 5.92 Å². The number of hydrogen-bond donors (Lipinski definition) is 0. The van der Waals surface area contributed by atoms with Gasteiger partial charge in [-0.05, 0) is 12.3 Å². The van der Waals surface area contributed by atoms with Gasteiger partial charge in [0.2, 0.25) is 0 Å². The van der Waals surface area contributed by atoms with Gasteiger partial charge in [0.05, 0.1) is 6.26 Å². The lowest BCUT2D eigenvalue weighted by Gasteiger charge is -2.05. The highest BCUT2D eigenvalue weighted by molar-refractivity contribution is 5.69. The van der Waals surface area contributed by atoms with E-state index < -0.39 is 0 Å². The van der Waals surface area contributed by atoms with Crippen molar-refractivity contribution in [2.75, 3.05) is 0 Å². The Hall–Kier alpha value is -0.790. The molecule has 0 saturated heterocycles. The van der Waals surface area contributed by atoms with Gasteiger partial charge in [-0.1, -0.05) is 97.5 Å². The highest BCUT2D eigenvalue weighted by Gasteiger charge is 2.00. The summed E-state index contributed by atoms with van der Waals surface area (Å²) in [5.74, 6) is 0.719. The molecule has 0 aromatic heterocycles. The summed E-state index contributed by atoms with van der Waals surface area (Å²) >= 11 is 0. The van der Waals surface area contributed by atoms with Crippen molar-refractivity contribution < 1.29 is 9.53 Å². The average molecular weight is 311 g/mol. The van der Waals surface area contributed by atoms with Gasteiger partial charge in [-0.3, -0.25) is 4.79 Å². The molecule has 0 aliphatic carbocycles. The van der Waals surface area contributed by atoms with E-state index in [2.05, 4.69) is 25.2 Å². The van der Waals surface area contributed by atoms with Crippen molar-refractivity contribution in [1.29, 1.82) is 0 Å². The molecule has 2 heteroatoms. The second-order valence-corrected chi connectivity index (χ2v) is 6.83. The van der Waals surface area contributed by atoms with E-state index in [9.17, 15) is 4.79 Å². The van der Waals surface area contributed by atoms with Crippen molar-refractivity contribution in [3.8, 4) is 0 Å². The SMILES string of the molecule is C=COC(=O)CCCCCCCCCCCCCCC(C)C. The zero-order chi connectivity index (χ0) is 16.5. The Morgan fingerprint density at radius 2 is 1.23 bits per heavy atom. The van der Waals surface area contributed by atoms with Gasteiger partial charge in [-0.15, -0.1) is 0 Å². The van der Waals surface area contributed by atoms with E-state index in [0.717, 1.165) is 18.8 Å². The fourth-order valence-corrected chi connectivity index (χ4v) is 2.74. The van der Waals surface area contributed by atoms with E-state index in [0.29, 0.717) is 6.42 Å². The lowest BCUT2D eigenvalue weighted by atomic mass is 10.0. The maximum atomic E-state index is 11.1. The van der Waals surface area contributed by atoms with Gasteiger partial charge in [0.1, 0.15) is 0 Å². The molecular formula is C20H38O2. The van der Waals surface area contributed by atoms with Crippen LogP contribution in [0.15, 0.2) is 12.8 Å². The van der Waals surface area contributed by atoms with Crippen molar-refractivity contribution >= 4 is 5.97 Å². The summed E-state index contributed by atoms with van der Waals surface area (Å²) in [7, 11) is 0. The third-order valence-corrected chi connectivity index (χ3v) is 4.13. The largest absolute Gasteiger partial charge is 0.435 e. The summed E-state index contributed by atoms with van der Waals surface area (Å²) < 4.78 is 4.69. The zero-order valence-electron chi connectivity index (χ0n) is 15.1. The first-order valence-corrected chi connectivity index (χ1v) is 9.47. The van der Waals surface area contributed by atoms with Crippen LogP contribution >= 0.6 is 0 Å². The first kappa shape index (κ1) is 21.2. The van der Waals surface area contributed by atoms with E-state index >= 15 is 0 Å². The van der Waals surface area contributed by atoms with Crippen LogP contribution < -0.4 is 0 Å². The maximum absolute atomic E-state index is 11.1. The number of unbranched alkanes of at least 4 members (excludes halogenated alkanes) is 11. The molecule has 0 rings (SSSR count). The molecule has 0 amide bonds. The Kier molecular flexibility index (Phi) is 16.0. The van der Waals surface area contributed by atoms with Gasteiger partial charge in [0.15, 0.2) is 0 Å². The van der Waals surface area contributed by atoms with Crippen LogP contribution in [-0.4, -0.2) is 5.97 Å². The smallest absolute Gasteiger partial charge is 0.310 e. The molecular weight excluding hydrogens is 272 g/mol. The number of carbonyl (C=O) groups is 1. The Morgan fingerprint density at radius 3 is 1.64 bits per heavy atom. The molecule has 0 N–H and O–H groups in total. The van der Waals surface area contributed by atoms with Crippen molar-refractivity contribution in [3.63, 3.8) is 0 Å². The molecule has 0 aliphatic heterocycles. The first-order chi connectivity index (χ1) is 10.7. The fraction of sp³-hybridized carbons (Fsp3) is 0.850. The monoisotopic (exact) mass is 310 g/mol. The minimum Gasteiger partial charge on any atom is -0.435 e. The molecule has 0 aromatic rings. The highest BCUT2D eigenvalue weighted by atomic mass is 16.5. The molecule has 0 aromatic carbocycles. The van der Waals surface area contributed by atoms with Gasteiger partial charge < -0.3 is 4.74 Å². The van der Waals surface area contributed by atoms with Crippen molar-refractivity contribution in [2.45, 2.75) is 104 Å². The number of rotatable bonds is 16. The Bertz CT molecular complexity index is 258. The molecule has 0 aliphatic rings. The second kappa shape index (κ2) is 16.6. The third kappa shape index (κ3) is 17.3. The predicted octanol–water partition coefficient (Wildman–Crippen LogP) is 6.79. The molecule has 0 atom stereocenters. The Labute approximate surface area is 138 Å². The minimum absolute atomic E-state index is 0.150. The van der Waals surface area contributed by atoms with Crippen molar-refractivity contribution in [3.05, 3.63) is 12.8 Å². The van der Waals surface area contributed by atoms with Crippen LogP contribution in [0.3, 0.4) is 0 Å². The van der Waals surface area contributed by atoms with Crippen LogP contribution in [0.5, 0.6) is 0 Å². The zero-order valence-corrected chi connectivity index (χ0v) is 15.1. The highest BCUT2D eigenvalue weighted by Crippen LogP contribution is 2.14. The molecule has 22 heavy (non-hydrogen) atoms. The number of ether oxygens (including phenoxy) is 1. The maximum Gasteiger partial charge on any atom is 0.310 e. The lowest BCUT2D eigenvalue weighted by Crippen LogP contribution is -1.98. The normalized spacial score (nSPS) is 10.9. The van der Waals surface area contributed by atoms with Crippen LogP contribution in [0, 0.1) is 5.92 Å². The van der Waals surface area contributed by atoms with E-state index in [1.54, 1.807) is 0 Å². The summed E-state index contributed by atoms with van der Waals surface area (Å²) in [6.45, 7) is 8.00. The summed E-state index contributed by atoms with van der Waals surface area (Å²) in [4.78, 5) is 11.1. The van der Waals surface area contributed by atoms with Crippen molar-refractivity contribution in [1.82, 2.24) is 0 Å². The van der Waals surface area contributed by atoms with Gasteiger partial charge in [0.25, 0.3) is 0 Å². The number of esters is 1.